The third kappa shape index (κ3) is 5.70. The van der Waals surface area contributed by atoms with Crippen LogP contribution in [0, 0.1) is 0 Å². The first kappa shape index (κ1) is 24.4. The van der Waals surface area contributed by atoms with Gasteiger partial charge < -0.3 is 10.6 Å². The summed E-state index contributed by atoms with van der Waals surface area (Å²) in [5.41, 5.74) is 0.561. The quantitative estimate of drug-likeness (QED) is 0.547. The van der Waals surface area contributed by atoms with E-state index in [0.29, 0.717) is 16.6 Å². The van der Waals surface area contributed by atoms with Crippen LogP contribution in [0.4, 0.5) is 0 Å². The second kappa shape index (κ2) is 10.7. The summed E-state index contributed by atoms with van der Waals surface area (Å²) in [6.45, 7) is 3.49. The molecule has 8 nitrogen and oxygen atoms in total. The van der Waals surface area contributed by atoms with E-state index in [1.54, 1.807) is 48.5 Å². The molecule has 3 aromatic rings. The highest BCUT2D eigenvalue weighted by molar-refractivity contribution is 5.82. The maximum Gasteiger partial charge on any atom is 0.336 e. The van der Waals surface area contributed by atoms with Crippen LogP contribution >= 0.6 is 0 Å². The molecule has 8 heteroatoms. The number of fused-ring (bicyclic) bond motifs is 1. The van der Waals surface area contributed by atoms with Gasteiger partial charge in [0.1, 0.15) is 6.54 Å². The predicted octanol–water partition coefficient (Wildman–Crippen LogP) is 2.67. The van der Waals surface area contributed by atoms with Gasteiger partial charge in [0, 0.05) is 12.1 Å². The smallest absolute Gasteiger partial charge is 0.336 e. The molecule has 0 bridgehead atoms. The Bertz CT molecular complexity index is 1330. The lowest BCUT2D eigenvalue weighted by Gasteiger charge is -2.22. The molecular formula is C27H32N4O4. The number of benzene rings is 2. The molecule has 0 unspecified atom stereocenters. The average molecular weight is 477 g/mol. The first-order chi connectivity index (χ1) is 16.8. The SMILES string of the molecule is CC(C)NC(=O)Cn1c(=O)n(-c2ccc(CC(=O)NC3CCCCC3)cc2)c(=O)c2ccccc21. The molecule has 4 rings (SSSR count). The van der Waals surface area contributed by atoms with Gasteiger partial charge in [0.2, 0.25) is 11.8 Å². The number of hydrogen-bond acceptors (Lipinski definition) is 4. The van der Waals surface area contributed by atoms with Crippen LogP contribution in [-0.4, -0.2) is 33.0 Å². The van der Waals surface area contributed by atoms with Gasteiger partial charge in [-0.3, -0.25) is 19.0 Å². The van der Waals surface area contributed by atoms with Crippen molar-refractivity contribution in [2.24, 2.45) is 0 Å². The number of para-hydroxylation sites is 1. The van der Waals surface area contributed by atoms with E-state index < -0.39 is 11.2 Å². The van der Waals surface area contributed by atoms with Crippen LogP contribution < -0.4 is 21.9 Å². The zero-order valence-corrected chi connectivity index (χ0v) is 20.3. The Hall–Kier alpha value is -3.68. The minimum Gasteiger partial charge on any atom is -0.353 e. The van der Waals surface area contributed by atoms with Gasteiger partial charge in [0.05, 0.1) is 23.0 Å². The lowest BCUT2D eigenvalue weighted by Crippen LogP contribution is -2.42. The van der Waals surface area contributed by atoms with E-state index in [-0.39, 0.29) is 36.9 Å². The zero-order valence-electron chi connectivity index (χ0n) is 20.3. The molecule has 184 valence electrons. The van der Waals surface area contributed by atoms with Crippen molar-refractivity contribution in [1.29, 1.82) is 0 Å². The fourth-order valence-electron chi connectivity index (χ4n) is 4.69. The molecule has 2 aromatic carbocycles. The Balaban J connectivity index is 1.62. The number of aromatic nitrogens is 2. The van der Waals surface area contributed by atoms with Crippen LogP contribution in [0.3, 0.4) is 0 Å². The molecule has 0 spiro atoms. The van der Waals surface area contributed by atoms with Crippen LogP contribution in [0.25, 0.3) is 16.6 Å². The molecule has 0 radical (unpaired) electrons. The first-order valence-corrected chi connectivity index (χ1v) is 12.3. The van der Waals surface area contributed by atoms with Crippen molar-refractivity contribution in [3.8, 4) is 5.69 Å². The molecule has 1 aliphatic rings. The fourth-order valence-corrected chi connectivity index (χ4v) is 4.69. The third-order valence-corrected chi connectivity index (χ3v) is 6.33. The van der Waals surface area contributed by atoms with Crippen LogP contribution in [0.1, 0.15) is 51.5 Å². The summed E-state index contributed by atoms with van der Waals surface area (Å²) in [6, 6.07) is 13.8. The zero-order chi connectivity index (χ0) is 24.9. The standard InChI is InChI=1S/C27H32N4O4/c1-18(2)28-25(33)17-30-23-11-7-6-10-22(23)26(34)31(27(30)35)21-14-12-19(13-15-21)16-24(32)29-20-8-4-3-5-9-20/h6-7,10-15,18,20H,3-5,8-9,16-17H2,1-2H3,(H,28,33)(H,29,32). The Morgan fingerprint density at radius 3 is 2.31 bits per heavy atom. The van der Waals surface area contributed by atoms with E-state index in [9.17, 15) is 19.2 Å². The Kier molecular flexibility index (Phi) is 7.48. The predicted molar refractivity (Wildman–Crippen MR) is 136 cm³/mol. The average Bonchev–Trinajstić information content (AvgIpc) is 2.83. The van der Waals surface area contributed by atoms with Crippen LogP contribution in [0.5, 0.6) is 0 Å². The van der Waals surface area contributed by atoms with E-state index in [1.807, 2.05) is 13.8 Å². The van der Waals surface area contributed by atoms with Crippen molar-refractivity contribution >= 4 is 22.7 Å². The molecule has 1 aromatic heterocycles. The van der Waals surface area contributed by atoms with E-state index in [2.05, 4.69) is 10.6 Å². The van der Waals surface area contributed by atoms with Gasteiger partial charge in [0.25, 0.3) is 5.56 Å². The fraction of sp³-hybridized carbons (Fsp3) is 0.407. The summed E-state index contributed by atoms with van der Waals surface area (Å²) in [7, 11) is 0. The van der Waals surface area contributed by atoms with Crippen LogP contribution in [-0.2, 0) is 22.6 Å². The van der Waals surface area contributed by atoms with Gasteiger partial charge in [-0.05, 0) is 56.5 Å². The molecule has 1 aliphatic carbocycles. The molecule has 2 amide bonds. The summed E-state index contributed by atoms with van der Waals surface area (Å²) in [5.74, 6) is -0.331. The van der Waals surface area contributed by atoms with Gasteiger partial charge in [-0.15, -0.1) is 0 Å². The second-order valence-corrected chi connectivity index (χ2v) is 9.49. The Labute approximate surface area is 204 Å². The van der Waals surface area contributed by atoms with Crippen LogP contribution in [0.2, 0.25) is 0 Å². The highest BCUT2D eigenvalue weighted by atomic mass is 16.2. The highest BCUT2D eigenvalue weighted by Gasteiger charge is 2.18. The number of amides is 2. The van der Waals surface area contributed by atoms with Crippen molar-refractivity contribution in [3.05, 3.63) is 74.9 Å². The largest absolute Gasteiger partial charge is 0.353 e. The normalized spacial score (nSPS) is 14.3. The minimum absolute atomic E-state index is 0.0222. The number of carbonyl (C=O) groups is 2. The maximum absolute atomic E-state index is 13.4. The summed E-state index contributed by atoms with van der Waals surface area (Å²) in [4.78, 5) is 51.5. The molecular weight excluding hydrogens is 444 g/mol. The molecule has 0 saturated heterocycles. The lowest BCUT2D eigenvalue weighted by atomic mass is 9.95. The summed E-state index contributed by atoms with van der Waals surface area (Å²) in [6.07, 6.45) is 5.82. The van der Waals surface area contributed by atoms with E-state index >= 15 is 0 Å². The summed E-state index contributed by atoms with van der Waals surface area (Å²) < 4.78 is 2.40. The van der Waals surface area contributed by atoms with Crippen molar-refractivity contribution in [2.75, 3.05) is 0 Å². The first-order valence-electron chi connectivity index (χ1n) is 12.3. The molecule has 0 atom stereocenters. The van der Waals surface area contributed by atoms with E-state index in [1.165, 1.54) is 11.0 Å². The van der Waals surface area contributed by atoms with Gasteiger partial charge >= 0.3 is 5.69 Å². The molecule has 2 N–H and O–H groups in total. The number of nitrogens with one attached hydrogen (secondary N) is 2. The van der Waals surface area contributed by atoms with E-state index in [0.717, 1.165) is 35.8 Å². The van der Waals surface area contributed by atoms with Gasteiger partial charge in [0.15, 0.2) is 0 Å². The molecule has 0 aliphatic heterocycles. The summed E-state index contributed by atoms with van der Waals surface area (Å²) in [5, 5.41) is 6.24. The Morgan fingerprint density at radius 1 is 0.943 bits per heavy atom. The van der Waals surface area contributed by atoms with Crippen molar-refractivity contribution in [1.82, 2.24) is 19.8 Å². The summed E-state index contributed by atoms with van der Waals surface area (Å²) >= 11 is 0. The monoisotopic (exact) mass is 476 g/mol. The van der Waals surface area contributed by atoms with Crippen molar-refractivity contribution in [2.45, 2.75) is 71.0 Å². The lowest BCUT2D eigenvalue weighted by molar-refractivity contribution is -0.122. The van der Waals surface area contributed by atoms with Gasteiger partial charge in [-0.2, -0.15) is 0 Å². The van der Waals surface area contributed by atoms with Crippen LogP contribution in [0.15, 0.2) is 58.1 Å². The molecule has 35 heavy (non-hydrogen) atoms. The Morgan fingerprint density at radius 2 is 1.63 bits per heavy atom. The number of rotatable bonds is 7. The second-order valence-electron chi connectivity index (χ2n) is 9.49. The topological polar surface area (TPSA) is 102 Å². The third-order valence-electron chi connectivity index (χ3n) is 6.33. The minimum atomic E-state index is -0.588. The number of nitrogens with zero attached hydrogens (tertiary/aromatic N) is 2. The molecule has 1 heterocycles. The van der Waals surface area contributed by atoms with Crippen molar-refractivity contribution < 1.29 is 9.59 Å². The highest BCUT2D eigenvalue weighted by Crippen LogP contribution is 2.18. The number of carbonyl (C=O) groups excluding carboxylic acids is 2. The maximum atomic E-state index is 13.4. The van der Waals surface area contributed by atoms with E-state index in [4.69, 9.17) is 0 Å². The molecule has 1 saturated carbocycles. The van der Waals surface area contributed by atoms with Gasteiger partial charge in [-0.25, -0.2) is 9.36 Å². The van der Waals surface area contributed by atoms with Crippen molar-refractivity contribution in [3.63, 3.8) is 0 Å². The number of hydrogen-bond donors (Lipinski definition) is 2. The molecule has 1 fully saturated rings. The van der Waals surface area contributed by atoms with Gasteiger partial charge in [-0.1, -0.05) is 43.5 Å².